The SMILES string of the molecule is CC(=O)C1CC2(CN1)CC(C(C)C)C2.CC(C)C1CC2CNC(C(=O)O)C2C1. The molecule has 4 aliphatic rings. The summed E-state index contributed by atoms with van der Waals surface area (Å²) in [6, 6.07) is -0.119. The first-order valence-electron chi connectivity index (χ1n) is 11.3. The van der Waals surface area contributed by atoms with Crippen LogP contribution >= 0.6 is 0 Å². The molecule has 4 rings (SSSR count). The van der Waals surface area contributed by atoms with Crippen LogP contribution in [0.1, 0.15) is 66.7 Å². The Balaban J connectivity index is 0.000000161. The van der Waals surface area contributed by atoms with Crippen LogP contribution < -0.4 is 10.6 Å². The highest BCUT2D eigenvalue weighted by Gasteiger charge is 2.50. The number of hydrogen-bond acceptors (Lipinski definition) is 4. The van der Waals surface area contributed by atoms with Crippen molar-refractivity contribution < 1.29 is 14.7 Å². The van der Waals surface area contributed by atoms with Crippen molar-refractivity contribution in [3.05, 3.63) is 0 Å². The van der Waals surface area contributed by atoms with Crippen LogP contribution in [0, 0.1) is 40.9 Å². The summed E-state index contributed by atoms with van der Waals surface area (Å²) in [5.41, 5.74) is 0.491. The maximum Gasteiger partial charge on any atom is 0.320 e. The highest BCUT2D eigenvalue weighted by atomic mass is 16.4. The van der Waals surface area contributed by atoms with Crippen molar-refractivity contribution in [1.29, 1.82) is 0 Å². The van der Waals surface area contributed by atoms with Gasteiger partial charge in [-0.15, -0.1) is 0 Å². The molecule has 2 saturated heterocycles. The molecule has 0 amide bonds. The van der Waals surface area contributed by atoms with Crippen LogP contribution in [-0.2, 0) is 9.59 Å². The second kappa shape index (κ2) is 8.43. The summed E-state index contributed by atoms with van der Waals surface area (Å²) in [4.78, 5) is 22.2. The largest absolute Gasteiger partial charge is 0.480 e. The van der Waals surface area contributed by atoms with Gasteiger partial charge in [-0.1, -0.05) is 27.7 Å². The number of aliphatic carboxylic acids is 1. The van der Waals surface area contributed by atoms with E-state index in [4.69, 9.17) is 5.11 Å². The van der Waals surface area contributed by atoms with Crippen LogP contribution in [0.2, 0.25) is 0 Å². The summed E-state index contributed by atoms with van der Waals surface area (Å²) >= 11 is 0. The van der Waals surface area contributed by atoms with E-state index in [2.05, 4.69) is 38.3 Å². The number of carboxylic acids is 1. The zero-order chi connectivity index (χ0) is 20.6. The summed E-state index contributed by atoms with van der Waals surface area (Å²) in [6.45, 7) is 12.8. The Bertz CT molecular complexity index is 582. The highest BCUT2D eigenvalue weighted by Crippen LogP contribution is 2.53. The molecule has 2 aliphatic carbocycles. The minimum atomic E-state index is -0.665. The molecule has 2 saturated carbocycles. The van der Waals surface area contributed by atoms with Gasteiger partial charge in [-0.2, -0.15) is 0 Å². The van der Waals surface area contributed by atoms with Crippen LogP contribution in [0.25, 0.3) is 0 Å². The van der Waals surface area contributed by atoms with E-state index in [0.29, 0.717) is 29.0 Å². The fourth-order valence-corrected chi connectivity index (χ4v) is 6.13. The monoisotopic (exact) mass is 392 g/mol. The topological polar surface area (TPSA) is 78.4 Å². The smallest absolute Gasteiger partial charge is 0.320 e. The lowest BCUT2D eigenvalue weighted by molar-refractivity contribution is -0.140. The number of Topliss-reactive ketones (excluding diaryl/α,β-unsaturated/α-hetero) is 1. The first kappa shape index (κ1) is 21.8. The van der Waals surface area contributed by atoms with Gasteiger partial charge >= 0.3 is 5.97 Å². The third-order valence-electron chi connectivity index (χ3n) is 8.21. The maximum absolute atomic E-state index is 11.2. The number of fused-ring (bicyclic) bond motifs is 1. The van der Waals surface area contributed by atoms with Gasteiger partial charge in [0.25, 0.3) is 0 Å². The average Bonchev–Trinajstić information content (AvgIpc) is 3.26. The third kappa shape index (κ3) is 4.46. The summed E-state index contributed by atoms with van der Waals surface area (Å²) in [7, 11) is 0. The van der Waals surface area contributed by atoms with Gasteiger partial charge in [0.1, 0.15) is 11.8 Å². The lowest BCUT2D eigenvalue weighted by Gasteiger charge is -2.47. The second-order valence-corrected chi connectivity index (χ2v) is 10.8. The second-order valence-electron chi connectivity index (χ2n) is 10.8. The molecular weight excluding hydrogens is 352 g/mol. The average molecular weight is 393 g/mol. The molecule has 2 aliphatic heterocycles. The van der Waals surface area contributed by atoms with Crippen LogP contribution in [0.4, 0.5) is 0 Å². The van der Waals surface area contributed by atoms with E-state index in [-0.39, 0.29) is 12.1 Å². The minimum absolute atomic E-state index is 0.156. The molecule has 5 nitrogen and oxygen atoms in total. The Morgan fingerprint density at radius 2 is 1.61 bits per heavy atom. The Morgan fingerprint density at radius 1 is 0.964 bits per heavy atom. The number of carbonyl (C=O) groups excluding carboxylic acids is 1. The lowest BCUT2D eigenvalue weighted by atomic mass is 9.58. The van der Waals surface area contributed by atoms with Crippen molar-refractivity contribution in [1.82, 2.24) is 10.6 Å². The van der Waals surface area contributed by atoms with E-state index in [9.17, 15) is 9.59 Å². The first-order chi connectivity index (χ1) is 13.1. The van der Waals surface area contributed by atoms with Gasteiger partial charge in [0.15, 0.2) is 0 Å². The van der Waals surface area contributed by atoms with Crippen molar-refractivity contribution in [2.75, 3.05) is 13.1 Å². The van der Waals surface area contributed by atoms with Gasteiger partial charge in [0.05, 0.1) is 6.04 Å². The Labute approximate surface area is 170 Å². The van der Waals surface area contributed by atoms with Crippen LogP contribution in [-0.4, -0.2) is 42.0 Å². The van der Waals surface area contributed by atoms with Gasteiger partial charge in [-0.05, 0) is 86.5 Å². The summed E-state index contributed by atoms with van der Waals surface area (Å²) in [5.74, 6) is 3.82. The molecule has 5 unspecified atom stereocenters. The lowest BCUT2D eigenvalue weighted by Crippen LogP contribution is -2.41. The van der Waals surface area contributed by atoms with E-state index in [0.717, 1.165) is 43.7 Å². The maximum atomic E-state index is 11.2. The van der Waals surface area contributed by atoms with Crippen LogP contribution in [0.15, 0.2) is 0 Å². The molecule has 5 heteroatoms. The number of carbonyl (C=O) groups is 2. The minimum Gasteiger partial charge on any atom is -0.480 e. The molecule has 0 bridgehead atoms. The van der Waals surface area contributed by atoms with Gasteiger partial charge in [0, 0.05) is 6.54 Å². The van der Waals surface area contributed by atoms with Gasteiger partial charge in [-0.25, -0.2) is 0 Å². The fourth-order valence-electron chi connectivity index (χ4n) is 6.13. The molecule has 0 aromatic carbocycles. The normalized spacial score (nSPS) is 41.7. The van der Waals surface area contributed by atoms with Crippen molar-refractivity contribution >= 4 is 11.8 Å². The van der Waals surface area contributed by atoms with Crippen molar-refractivity contribution in [3.63, 3.8) is 0 Å². The zero-order valence-electron chi connectivity index (χ0n) is 18.3. The third-order valence-corrected chi connectivity index (χ3v) is 8.21. The molecule has 2 heterocycles. The predicted molar refractivity (Wildman–Crippen MR) is 111 cm³/mol. The molecule has 4 fully saturated rings. The molecule has 28 heavy (non-hydrogen) atoms. The molecule has 160 valence electrons. The van der Waals surface area contributed by atoms with E-state index in [1.54, 1.807) is 6.92 Å². The summed E-state index contributed by atoms with van der Waals surface area (Å²) < 4.78 is 0. The standard InChI is InChI=1S/C12H21NO.C11H19NO2/c1-8(2)10-4-12(5-10)6-11(9(3)14)13-7-12;1-6(2)7-3-8-5-12-10(11(13)14)9(8)4-7/h8,10-11,13H,4-7H2,1-3H3;6-10,12H,3-5H2,1-2H3,(H,13,14). The highest BCUT2D eigenvalue weighted by molar-refractivity contribution is 5.81. The molecule has 1 spiro atoms. The Morgan fingerprint density at radius 3 is 2.11 bits per heavy atom. The summed E-state index contributed by atoms with van der Waals surface area (Å²) in [6.07, 6.45) is 6.08. The van der Waals surface area contributed by atoms with E-state index in [1.807, 2.05) is 0 Å². The summed E-state index contributed by atoms with van der Waals surface area (Å²) in [5, 5.41) is 15.5. The quantitative estimate of drug-likeness (QED) is 0.684. The molecule has 3 N–H and O–H groups in total. The van der Waals surface area contributed by atoms with Crippen LogP contribution in [0.3, 0.4) is 0 Å². The molecule has 0 aromatic rings. The number of ketones is 1. The Hall–Kier alpha value is -0.940. The molecular formula is C23H40N2O3. The zero-order valence-corrected chi connectivity index (χ0v) is 18.3. The van der Waals surface area contributed by atoms with E-state index < -0.39 is 5.97 Å². The van der Waals surface area contributed by atoms with Crippen molar-refractivity contribution in [2.24, 2.45) is 40.9 Å². The first-order valence-corrected chi connectivity index (χ1v) is 11.3. The Kier molecular flexibility index (Phi) is 6.55. The predicted octanol–water partition coefficient (Wildman–Crippen LogP) is 3.33. The van der Waals surface area contributed by atoms with Crippen molar-refractivity contribution in [3.8, 4) is 0 Å². The van der Waals surface area contributed by atoms with Gasteiger partial charge in [0.2, 0.25) is 0 Å². The van der Waals surface area contributed by atoms with Gasteiger partial charge < -0.3 is 15.7 Å². The number of nitrogens with one attached hydrogen (secondary N) is 2. The molecule has 0 radical (unpaired) electrons. The fraction of sp³-hybridized carbons (Fsp3) is 0.913. The molecule has 0 aromatic heterocycles. The van der Waals surface area contributed by atoms with E-state index >= 15 is 0 Å². The van der Waals surface area contributed by atoms with Crippen molar-refractivity contribution in [2.45, 2.75) is 78.8 Å². The number of rotatable bonds is 4. The van der Waals surface area contributed by atoms with E-state index in [1.165, 1.54) is 19.3 Å². The van der Waals surface area contributed by atoms with Gasteiger partial charge in [-0.3, -0.25) is 9.59 Å². The molecule has 5 atom stereocenters. The number of carboxylic acid groups (broad SMARTS) is 1. The van der Waals surface area contributed by atoms with Crippen LogP contribution in [0.5, 0.6) is 0 Å². The number of hydrogen-bond donors (Lipinski definition) is 3.